The molecule has 13 heavy (non-hydrogen) atoms. The number of carbonyl (C=O) groups is 1. The highest BCUT2D eigenvalue weighted by atomic mass is 79.9. The van der Waals surface area contributed by atoms with Gasteiger partial charge in [-0.05, 0) is 34.6 Å². The molecule has 0 aromatic rings. The van der Waals surface area contributed by atoms with Crippen molar-refractivity contribution < 1.29 is 4.79 Å². The van der Waals surface area contributed by atoms with Crippen molar-refractivity contribution in [2.75, 3.05) is 0 Å². The highest BCUT2D eigenvalue weighted by Gasteiger charge is 2.02. The zero-order valence-electron chi connectivity index (χ0n) is 7.25. The predicted molar refractivity (Wildman–Crippen MR) is 56.4 cm³/mol. The molecule has 0 aliphatic carbocycles. The van der Waals surface area contributed by atoms with Gasteiger partial charge in [0.25, 0.3) is 0 Å². The lowest BCUT2D eigenvalue weighted by molar-refractivity contribution is -0.108. The van der Waals surface area contributed by atoms with Crippen LogP contribution in [0.1, 0.15) is 6.92 Å². The Bertz CT molecular complexity index is 269. The van der Waals surface area contributed by atoms with E-state index in [2.05, 4.69) is 21.2 Å². The smallest absolute Gasteiger partial charge is 0.211 e. The lowest BCUT2D eigenvalue weighted by atomic mass is 10.1. The first-order valence-electron chi connectivity index (χ1n) is 3.53. The molecule has 0 aliphatic heterocycles. The number of hydrogen-bond acceptors (Lipinski definition) is 3. The molecule has 0 aromatic heterocycles. The molecule has 0 atom stereocenters. The highest BCUT2D eigenvalue weighted by Crippen LogP contribution is 2.21. The van der Waals surface area contributed by atoms with Gasteiger partial charge in [-0.2, -0.15) is 0 Å². The average molecular weight is 246 g/mol. The normalized spacial score (nSPS) is 14.2. The molecular formula is C8H12BrN3O. The summed E-state index contributed by atoms with van der Waals surface area (Å²) in [5.74, 6) is 0. The van der Waals surface area contributed by atoms with Gasteiger partial charge in [-0.15, -0.1) is 0 Å². The standard InChI is InChI=1S/C8H12BrN3O/c1-6(2-10)7(3-11)8(9)4-12-5-13/h2-5H,10-11H2,1H3,(H,12,13)/b6-2-,7-3+,8-4+. The van der Waals surface area contributed by atoms with Crippen LogP contribution in [0.5, 0.6) is 0 Å². The van der Waals surface area contributed by atoms with Gasteiger partial charge in [0.2, 0.25) is 6.41 Å². The van der Waals surface area contributed by atoms with E-state index in [0.29, 0.717) is 10.9 Å². The maximum Gasteiger partial charge on any atom is 0.211 e. The second kappa shape index (κ2) is 6.30. The quantitative estimate of drug-likeness (QED) is 0.503. The SMILES string of the molecule is CC(=C/N)/C(=C\N)C(/Br)=C\NC=O. The van der Waals surface area contributed by atoms with Gasteiger partial charge in [0.15, 0.2) is 0 Å². The van der Waals surface area contributed by atoms with Crippen molar-refractivity contribution in [3.8, 4) is 0 Å². The van der Waals surface area contributed by atoms with Crippen molar-refractivity contribution in [3.05, 3.63) is 34.2 Å². The zero-order chi connectivity index (χ0) is 10.3. The number of rotatable bonds is 4. The molecule has 0 radical (unpaired) electrons. The molecular weight excluding hydrogens is 234 g/mol. The van der Waals surface area contributed by atoms with E-state index in [4.69, 9.17) is 11.5 Å². The van der Waals surface area contributed by atoms with Gasteiger partial charge in [-0.3, -0.25) is 4.79 Å². The summed E-state index contributed by atoms with van der Waals surface area (Å²) in [6.45, 7) is 1.81. The van der Waals surface area contributed by atoms with E-state index in [1.165, 1.54) is 18.6 Å². The van der Waals surface area contributed by atoms with E-state index >= 15 is 0 Å². The lowest BCUT2D eigenvalue weighted by Gasteiger charge is -2.04. The summed E-state index contributed by atoms with van der Waals surface area (Å²) < 4.78 is 0.668. The third kappa shape index (κ3) is 3.80. The van der Waals surface area contributed by atoms with Crippen LogP contribution in [0.4, 0.5) is 0 Å². The van der Waals surface area contributed by atoms with Gasteiger partial charge >= 0.3 is 0 Å². The summed E-state index contributed by atoms with van der Waals surface area (Å²) in [4.78, 5) is 9.99. The molecule has 0 aliphatic rings. The molecule has 0 aromatic carbocycles. The Morgan fingerprint density at radius 1 is 1.38 bits per heavy atom. The first-order chi connectivity index (χ1) is 6.17. The number of amides is 1. The van der Waals surface area contributed by atoms with Gasteiger partial charge < -0.3 is 16.8 Å². The minimum Gasteiger partial charge on any atom is -0.404 e. The average Bonchev–Trinajstić information content (AvgIpc) is 2.15. The zero-order valence-corrected chi connectivity index (χ0v) is 8.84. The van der Waals surface area contributed by atoms with Crippen LogP contribution in [0.2, 0.25) is 0 Å². The fourth-order valence-electron chi connectivity index (χ4n) is 0.674. The molecule has 0 bridgehead atoms. The van der Waals surface area contributed by atoms with Crippen LogP contribution in [0.3, 0.4) is 0 Å². The van der Waals surface area contributed by atoms with E-state index in [1.807, 2.05) is 6.92 Å². The van der Waals surface area contributed by atoms with E-state index in [9.17, 15) is 4.79 Å². The molecule has 5 N–H and O–H groups in total. The van der Waals surface area contributed by atoms with Crippen LogP contribution in [0.25, 0.3) is 0 Å². The summed E-state index contributed by atoms with van der Waals surface area (Å²) in [7, 11) is 0. The second-order valence-corrected chi connectivity index (χ2v) is 3.06. The van der Waals surface area contributed by atoms with Crippen LogP contribution in [-0.2, 0) is 4.79 Å². The highest BCUT2D eigenvalue weighted by molar-refractivity contribution is 9.12. The molecule has 5 heteroatoms. The third-order valence-corrected chi connectivity index (χ3v) is 2.03. The largest absolute Gasteiger partial charge is 0.404 e. The van der Waals surface area contributed by atoms with E-state index < -0.39 is 0 Å². The molecule has 0 unspecified atom stereocenters. The molecule has 0 spiro atoms. The summed E-state index contributed by atoms with van der Waals surface area (Å²) in [5, 5.41) is 2.39. The summed E-state index contributed by atoms with van der Waals surface area (Å²) in [5.41, 5.74) is 12.2. The molecule has 72 valence electrons. The van der Waals surface area contributed by atoms with Gasteiger partial charge in [0, 0.05) is 22.5 Å². The fraction of sp³-hybridized carbons (Fsp3) is 0.125. The molecule has 0 fully saturated rings. The number of nitrogens with two attached hydrogens (primary N) is 2. The Kier molecular flexibility index (Phi) is 5.71. The number of nitrogens with one attached hydrogen (secondary N) is 1. The molecule has 1 amide bonds. The van der Waals surface area contributed by atoms with Crippen molar-refractivity contribution in [1.82, 2.24) is 5.32 Å². The van der Waals surface area contributed by atoms with Crippen molar-refractivity contribution >= 4 is 22.3 Å². The Morgan fingerprint density at radius 2 is 2.00 bits per heavy atom. The topological polar surface area (TPSA) is 81.1 Å². The van der Waals surface area contributed by atoms with Crippen molar-refractivity contribution in [3.63, 3.8) is 0 Å². The van der Waals surface area contributed by atoms with Crippen molar-refractivity contribution in [1.29, 1.82) is 0 Å². The van der Waals surface area contributed by atoms with Gasteiger partial charge in [0.05, 0.1) is 0 Å². The van der Waals surface area contributed by atoms with E-state index in [0.717, 1.165) is 11.1 Å². The maximum absolute atomic E-state index is 9.99. The Morgan fingerprint density at radius 3 is 2.38 bits per heavy atom. The minimum atomic E-state index is 0.566. The minimum absolute atomic E-state index is 0.566. The number of carbonyl (C=O) groups excluding carboxylic acids is 1. The van der Waals surface area contributed by atoms with Crippen LogP contribution in [0, 0.1) is 0 Å². The second-order valence-electron chi connectivity index (χ2n) is 2.21. The van der Waals surface area contributed by atoms with Crippen molar-refractivity contribution in [2.24, 2.45) is 11.5 Å². The molecule has 0 saturated heterocycles. The van der Waals surface area contributed by atoms with Crippen molar-refractivity contribution in [2.45, 2.75) is 6.92 Å². The Hall–Kier alpha value is -1.23. The molecule has 0 saturated carbocycles. The predicted octanol–water partition coefficient (Wildman–Crippen LogP) is 0.674. The van der Waals surface area contributed by atoms with E-state index in [1.54, 1.807) is 0 Å². The van der Waals surface area contributed by atoms with Crippen LogP contribution in [0.15, 0.2) is 34.2 Å². The number of allylic oxidation sites excluding steroid dienone is 3. The first-order valence-corrected chi connectivity index (χ1v) is 4.33. The summed E-state index contributed by atoms with van der Waals surface area (Å²) in [6.07, 6.45) is 4.90. The van der Waals surface area contributed by atoms with Crippen LogP contribution < -0.4 is 16.8 Å². The Balaban J connectivity index is 4.70. The molecule has 4 nitrogen and oxygen atoms in total. The van der Waals surface area contributed by atoms with Gasteiger partial charge in [-0.1, -0.05) is 0 Å². The maximum atomic E-state index is 9.99. The fourth-order valence-corrected chi connectivity index (χ4v) is 1.25. The van der Waals surface area contributed by atoms with Gasteiger partial charge in [-0.25, -0.2) is 0 Å². The van der Waals surface area contributed by atoms with Gasteiger partial charge in [0.1, 0.15) is 0 Å². The van der Waals surface area contributed by atoms with Crippen LogP contribution in [-0.4, -0.2) is 6.41 Å². The van der Waals surface area contributed by atoms with Crippen LogP contribution >= 0.6 is 15.9 Å². The number of halogens is 1. The van der Waals surface area contributed by atoms with E-state index in [-0.39, 0.29) is 0 Å². The summed E-state index contributed by atoms with van der Waals surface area (Å²) >= 11 is 3.24. The first kappa shape index (κ1) is 11.8. The summed E-state index contributed by atoms with van der Waals surface area (Å²) in [6, 6.07) is 0. The molecule has 0 heterocycles. The lowest BCUT2D eigenvalue weighted by Crippen LogP contribution is -2.02. The number of hydrogen-bond donors (Lipinski definition) is 3. The Labute approximate surface area is 85.5 Å². The molecule has 0 rings (SSSR count). The third-order valence-electron chi connectivity index (χ3n) is 1.38. The monoisotopic (exact) mass is 245 g/mol.